The average molecular weight is 416 g/mol. The third kappa shape index (κ3) is 4.98. The van der Waals surface area contributed by atoms with E-state index in [4.69, 9.17) is 16.2 Å². The van der Waals surface area contributed by atoms with Crippen molar-refractivity contribution in [1.29, 1.82) is 5.41 Å². The Morgan fingerprint density at radius 3 is 2.58 bits per heavy atom. The molecule has 158 valence electrons. The Balaban J connectivity index is 2.03. The Labute approximate surface area is 181 Å². The molecule has 2 aromatic carbocycles. The van der Waals surface area contributed by atoms with Gasteiger partial charge in [-0.2, -0.15) is 5.10 Å². The Morgan fingerprint density at radius 1 is 1.23 bits per heavy atom. The molecule has 0 amide bonds. The van der Waals surface area contributed by atoms with E-state index in [-0.39, 0.29) is 17.7 Å². The van der Waals surface area contributed by atoms with Gasteiger partial charge in [0, 0.05) is 17.4 Å². The van der Waals surface area contributed by atoms with Gasteiger partial charge in [-0.25, -0.2) is 9.07 Å². The minimum Gasteiger partial charge on any atom is -0.384 e. The number of aryl methyl sites for hydroxylation is 1. The number of benzene rings is 2. The highest BCUT2D eigenvalue weighted by atomic mass is 19.1. The van der Waals surface area contributed by atoms with Crippen LogP contribution in [0, 0.1) is 11.2 Å². The number of allylic oxidation sites excluding steroid dienone is 4. The molecule has 1 heterocycles. The van der Waals surface area contributed by atoms with Crippen LogP contribution in [0.4, 0.5) is 10.1 Å². The molecule has 0 fully saturated rings. The minimum atomic E-state index is -0.315. The molecule has 31 heavy (non-hydrogen) atoms. The molecule has 3 aromatic rings. The van der Waals surface area contributed by atoms with Crippen LogP contribution < -0.4 is 11.1 Å². The van der Waals surface area contributed by atoms with Gasteiger partial charge in [0.1, 0.15) is 11.7 Å². The number of hydrogen-bond acceptors (Lipinski definition) is 3. The first-order valence-corrected chi connectivity index (χ1v) is 9.97. The predicted octanol–water partition coefficient (Wildman–Crippen LogP) is 5.28. The number of aromatic nitrogens is 2. The van der Waals surface area contributed by atoms with Crippen molar-refractivity contribution in [2.45, 2.75) is 19.4 Å². The molecule has 1 aromatic heterocycles. The normalized spacial score (nSPS) is 12.3. The van der Waals surface area contributed by atoms with E-state index in [1.54, 1.807) is 35.0 Å². The minimum absolute atomic E-state index is 0.0129. The number of hydrogen-bond donors (Lipinski definition) is 3. The topological polar surface area (TPSA) is 79.7 Å². The van der Waals surface area contributed by atoms with Crippen molar-refractivity contribution in [3.05, 3.63) is 114 Å². The summed E-state index contributed by atoms with van der Waals surface area (Å²) < 4.78 is 15.8. The molecule has 0 bridgehead atoms. The van der Waals surface area contributed by atoms with Crippen molar-refractivity contribution in [1.82, 2.24) is 9.78 Å². The number of nitrogens with zero attached hydrogens (tertiary/aromatic N) is 2. The van der Waals surface area contributed by atoms with E-state index in [2.05, 4.69) is 18.5 Å². The van der Waals surface area contributed by atoms with Crippen molar-refractivity contribution in [2.75, 3.05) is 5.32 Å². The second-order valence-corrected chi connectivity index (χ2v) is 6.99. The molecule has 1 atom stereocenters. The zero-order valence-electron chi connectivity index (χ0n) is 17.5. The SMILES string of the molecule is C=C/C=C(\C=C)n1ccc(C(Nc2ccc(C(=N)N)cc2)c2ccc(F)c(CC)c2)n1. The molecule has 0 radical (unpaired) electrons. The fourth-order valence-corrected chi connectivity index (χ4v) is 3.28. The van der Waals surface area contributed by atoms with E-state index in [0.717, 1.165) is 22.6 Å². The molecule has 0 aliphatic heterocycles. The summed E-state index contributed by atoms with van der Waals surface area (Å²) in [6.07, 6.45) is 7.65. The van der Waals surface area contributed by atoms with Gasteiger partial charge in [0.2, 0.25) is 0 Å². The van der Waals surface area contributed by atoms with Gasteiger partial charge in [-0.1, -0.05) is 38.3 Å². The fourth-order valence-electron chi connectivity index (χ4n) is 3.28. The van der Waals surface area contributed by atoms with E-state index in [1.165, 1.54) is 6.07 Å². The number of nitrogens with one attached hydrogen (secondary N) is 2. The van der Waals surface area contributed by atoms with E-state index < -0.39 is 0 Å². The van der Waals surface area contributed by atoms with Gasteiger partial charge in [0.15, 0.2) is 0 Å². The Morgan fingerprint density at radius 2 is 1.97 bits per heavy atom. The fraction of sp³-hybridized carbons (Fsp3) is 0.120. The van der Waals surface area contributed by atoms with E-state index in [9.17, 15) is 4.39 Å². The summed E-state index contributed by atoms with van der Waals surface area (Å²) in [6, 6.07) is 14.0. The number of halogens is 1. The van der Waals surface area contributed by atoms with Crippen LogP contribution in [0.5, 0.6) is 0 Å². The summed E-state index contributed by atoms with van der Waals surface area (Å²) in [5.74, 6) is -0.205. The average Bonchev–Trinajstić information content (AvgIpc) is 3.26. The van der Waals surface area contributed by atoms with E-state index in [0.29, 0.717) is 17.5 Å². The van der Waals surface area contributed by atoms with Crippen LogP contribution in [0.15, 0.2) is 86.1 Å². The summed E-state index contributed by atoms with van der Waals surface area (Å²) in [7, 11) is 0. The van der Waals surface area contributed by atoms with Crippen LogP contribution in [0.25, 0.3) is 5.70 Å². The quantitative estimate of drug-likeness (QED) is 0.253. The maximum absolute atomic E-state index is 14.1. The Kier molecular flexibility index (Phi) is 6.82. The molecule has 5 nitrogen and oxygen atoms in total. The van der Waals surface area contributed by atoms with Crippen LogP contribution in [0.1, 0.15) is 35.3 Å². The number of nitrogens with two attached hydrogens (primary N) is 1. The molecule has 1 unspecified atom stereocenters. The largest absolute Gasteiger partial charge is 0.384 e. The standard InChI is InChI=1S/C25H26FN5/c1-4-7-21(6-3)31-15-14-23(30-31)24(19-10-13-22(26)17(5-2)16-19)29-20-11-8-18(9-12-20)25(27)28/h4,6-16,24,29H,1,3,5H2,2H3,(H3,27,28)/b21-7+. The highest BCUT2D eigenvalue weighted by Crippen LogP contribution is 2.28. The van der Waals surface area contributed by atoms with Gasteiger partial charge in [-0.3, -0.25) is 5.41 Å². The summed E-state index contributed by atoms with van der Waals surface area (Å²) >= 11 is 0. The van der Waals surface area contributed by atoms with Crippen LogP contribution in [0.3, 0.4) is 0 Å². The summed E-state index contributed by atoms with van der Waals surface area (Å²) in [5, 5.41) is 15.8. The first-order chi connectivity index (χ1) is 15.0. The maximum atomic E-state index is 14.1. The molecular weight excluding hydrogens is 389 g/mol. The lowest BCUT2D eigenvalue weighted by Crippen LogP contribution is -2.15. The third-order valence-electron chi connectivity index (χ3n) is 4.96. The highest BCUT2D eigenvalue weighted by Gasteiger charge is 2.19. The van der Waals surface area contributed by atoms with Gasteiger partial charge in [-0.15, -0.1) is 0 Å². The molecule has 0 aliphatic rings. The Bertz CT molecular complexity index is 1130. The zero-order valence-corrected chi connectivity index (χ0v) is 17.5. The van der Waals surface area contributed by atoms with Gasteiger partial charge >= 0.3 is 0 Å². The van der Waals surface area contributed by atoms with E-state index >= 15 is 0 Å². The molecule has 0 saturated heterocycles. The van der Waals surface area contributed by atoms with Gasteiger partial charge in [0.25, 0.3) is 0 Å². The van der Waals surface area contributed by atoms with Crippen molar-refractivity contribution in [3.8, 4) is 0 Å². The number of nitrogen functional groups attached to an aromatic ring is 1. The van der Waals surface area contributed by atoms with Gasteiger partial charge < -0.3 is 11.1 Å². The molecule has 0 saturated carbocycles. The van der Waals surface area contributed by atoms with Crippen molar-refractivity contribution in [2.24, 2.45) is 5.73 Å². The zero-order chi connectivity index (χ0) is 22.4. The Hall–Kier alpha value is -3.93. The van der Waals surface area contributed by atoms with Crippen molar-refractivity contribution >= 4 is 17.2 Å². The van der Waals surface area contributed by atoms with Crippen molar-refractivity contribution in [3.63, 3.8) is 0 Å². The van der Waals surface area contributed by atoms with Gasteiger partial charge in [0.05, 0.1) is 17.4 Å². The lowest BCUT2D eigenvalue weighted by molar-refractivity contribution is 0.610. The lowest BCUT2D eigenvalue weighted by Gasteiger charge is -2.20. The summed E-state index contributed by atoms with van der Waals surface area (Å²) in [5.41, 5.74) is 10.1. The molecule has 4 N–H and O–H groups in total. The number of rotatable bonds is 9. The van der Waals surface area contributed by atoms with Crippen molar-refractivity contribution < 1.29 is 4.39 Å². The van der Waals surface area contributed by atoms with Crippen LogP contribution in [-0.4, -0.2) is 15.6 Å². The summed E-state index contributed by atoms with van der Waals surface area (Å²) in [6.45, 7) is 9.48. The highest BCUT2D eigenvalue weighted by molar-refractivity contribution is 5.95. The number of anilines is 1. The molecular formula is C25H26FN5. The maximum Gasteiger partial charge on any atom is 0.126 e. The predicted molar refractivity (Wildman–Crippen MR) is 126 cm³/mol. The van der Waals surface area contributed by atoms with Crippen LogP contribution >= 0.6 is 0 Å². The second kappa shape index (κ2) is 9.71. The molecule has 3 rings (SSSR count). The molecule has 0 spiro atoms. The smallest absolute Gasteiger partial charge is 0.126 e. The molecule has 0 aliphatic carbocycles. The van der Waals surface area contributed by atoms with Crippen LogP contribution in [-0.2, 0) is 6.42 Å². The number of amidine groups is 1. The van der Waals surface area contributed by atoms with Gasteiger partial charge in [-0.05, 0) is 66.1 Å². The third-order valence-corrected chi connectivity index (χ3v) is 4.96. The van der Waals surface area contributed by atoms with E-state index in [1.807, 2.05) is 43.5 Å². The summed E-state index contributed by atoms with van der Waals surface area (Å²) in [4.78, 5) is 0. The first kappa shape index (κ1) is 21.8. The monoisotopic (exact) mass is 415 g/mol. The lowest BCUT2D eigenvalue weighted by atomic mass is 9.99. The second-order valence-electron chi connectivity index (χ2n) is 6.99. The molecule has 6 heteroatoms. The van der Waals surface area contributed by atoms with Crippen LogP contribution in [0.2, 0.25) is 0 Å². The first-order valence-electron chi connectivity index (χ1n) is 9.97.